The quantitative estimate of drug-likeness (QED) is 0.779. The van der Waals surface area contributed by atoms with Crippen LogP contribution in [0.2, 0.25) is 0 Å². The molecule has 0 aliphatic carbocycles. The first-order valence-corrected chi connectivity index (χ1v) is 7.86. The predicted molar refractivity (Wildman–Crippen MR) is 73.7 cm³/mol. The van der Waals surface area contributed by atoms with Crippen molar-refractivity contribution in [3.63, 3.8) is 0 Å². The molecule has 11 heteroatoms. The Bertz CT molecular complexity index is 889. The Labute approximate surface area is 137 Å². The summed E-state index contributed by atoms with van der Waals surface area (Å²) in [7, 11) is -4.61. The van der Waals surface area contributed by atoms with E-state index in [1.165, 1.54) is 0 Å². The van der Waals surface area contributed by atoms with Gasteiger partial charge in [-0.1, -0.05) is 6.07 Å². The van der Waals surface area contributed by atoms with Gasteiger partial charge in [0.15, 0.2) is 0 Å². The lowest BCUT2D eigenvalue weighted by Gasteiger charge is -2.13. The van der Waals surface area contributed by atoms with Crippen molar-refractivity contribution in [2.45, 2.75) is 17.2 Å². The number of nitrogens with one attached hydrogen (secondary N) is 1. The molecule has 0 amide bonds. The second kappa shape index (κ2) is 6.21. The third kappa shape index (κ3) is 4.41. The van der Waals surface area contributed by atoms with Crippen LogP contribution in [0, 0.1) is 5.82 Å². The molecule has 0 aliphatic heterocycles. The first-order chi connectivity index (χ1) is 11.3. The summed E-state index contributed by atoms with van der Waals surface area (Å²) in [6, 6.07) is 3.97. The zero-order chi connectivity index (χ0) is 19.0. The number of sulfonamides is 1. The molecular formula is C14H8F7NO2S. The van der Waals surface area contributed by atoms with Crippen LogP contribution < -0.4 is 4.72 Å². The van der Waals surface area contributed by atoms with Crippen LogP contribution >= 0.6 is 0 Å². The standard InChI is InChI=1S/C14H8F7NO2S/c15-12-5-4-9(7-11(12)14(19,20)21)22-25(23,24)10-3-1-2-8(6-10)13(16,17)18/h1-7,22H. The molecular weight excluding hydrogens is 379 g/mol. The molecule has 0 bridgehead atoms. The maximum absolute atomic E-state index is 13.2. The average molecular weight is 387 g/mol. The van der Waals surface area contributed by atoms with Crippen LogP contribution in [-0.2, 0) is 22.4 Å². The fourth-order valence-electron chi connectivity index (χ4n) is 1.86. The van der Waals surface area contributed by atoms with Crippen LogP contribution in [0.15, 0.2) is 47.4 Å². The molecule has 0 heterocycles. The van der Waals surface area contributed by atoms with Crippen LogP contribution in [0.3, 0.4) is 0 Å². The van der Waals surface area contributed by atoms with E-state index in [4.69, 9.17) is 0 Å². The molecule has 0 atom stereocenters. The molecule has 3 nitrogen and oxygen atoms in total. The molecule has 0 aliphatic rings. The van der Waals surface area contributed by atoms with E-state index in [0.29, 0.717) is 18.2 Å². The average Bonchev–Trinajstić information content (AvgIpc) is 2.47. The van der Waals surface area contributed by atoms with E-state index in [1.54, 1.807) is 4.72 Å². The summed E-state index contributed by atoms with van der Waals surface area (Å²) < 4.78 is 115. The molecule has 0 spiro atoms. The maximum atomic E-state index is 13.2. The predicted octanol–water partition coefficient (Wildman–Crippen LogP) is 4.66. The van der Waals surface area contributed by atoms with Gasteiger partial charge in [-0.25, -0.2) is 12.8 Å². The van der Waals surface area contributed by atoms with Gasteiger partial charge in [0.25, 0.3) is 10.0 Å². The van der Waals surface area contributed by atoms with Gasteiger partial charge in [0.1, 0.15) is 5.82 Å². The normalized spacial score (nSPS) is 12.9. The number of hydrogen-bond acceptors (Lipinski definition) is 2. The van der Waals surface area contributed by atoms with Gasteiger partial charge in [0, 0.05) is 5.69 Å². The fraction of sp³-hybridized carbons (Fsp3) is 0.143. The minimum absolute atomic E-state index is 0.209. The number of anilines is 1. The van der Waals surface area contributed by atoms with E-state index < -0.39 is 49.9 Å². The molecule has 0 radical (unpaired) electrons. The number of alkyl halides is 6. The minimum Gasteiger partial charge on any atom is -0.280 e. The molecule has 0 saturated carbocycles. The Morgan fingerprint density at radius 1 is 0.840 bits per heavy atom. The first-order valence-electron chi connectivity index (χ1n) is 6.37. The van der Waals surface area contributed by atoms with Crippen LogP contribution in [0.4, 0.5) is 36.4 Å². The second-order valence-electron chi connectivity index (χ2n) is 4.82. The van der Waals surface area contributed by atoms with Crippen LogP contribution in [-0.4, -0.2) is 8.42 Å². The molecule has 2 aromatic carbocycles. The van der Waals surface area contributed by atoms with Crippen molar-refractivity contribution < 1.29 is 39.2 Å². The van der Waals surface area contributed by atoms with Crippen LogP contribution in [0.1, 0.15) is 11.1 Å². The van der Waals surface area contributed by atoms with Gasteiger partial charge >= 0.3 is 12.4 Å². The highest BCUT2D eigenvalue weighted by Crippen LogP contribution is 2.34. The SMILES string of the molecule is O=S(=O)(Nc1ccc(F)c(C(F)(F)F)c1)c1cccc(C(F)(F)F)c1. The van der Waals surface area contributed by atoms with E-state index >= 15 is 0 Å². The zero-order valence-electron chi connectivity index (χ0n) is 11.9. The van der Waals surface area contributed by atoms with Gasteiger partial charge in [0.2, 0.25) is 0 Å². The number of rotatable bonds is 3. The van der Waals surface area contributed by atoms with Gasteiger partial charge < -0.3 is 0 Å². The molecule has 1 N–H and O–H groups in total. The van der Waals surface area contributed by atoms with E-state index in [2.05, 4.69) is 0 Å². The summed E-state index contributed by atoms with van der Waals surface area (Å²) in [5, 5.41) is 0. The van der Waals surface area contributed by atoms with Crippen molar-refractivity contribution in [1.29, 1.82) is 0 Å². The highest BCUT2D eigenvalue weighted by molar-refractivity contribution is 7.92. The third-order valence-electron chi connectivity index (χ3n) is 3.00. The molecule has 0 saturated heterocycles. The van der Waals surface area contributed by atoms with Gasteiger partial charge in [0.05, 0.1) is 16.0 Å². The Hall–Kier alpha value is -2.30. The fourth-order valence-corrected chi connectivity index (χ4v) is 2.95. The summed E-state index contributed by atoms with van der Waals surface area (Å²) >= 11 is 0. The Kier molecular flexibility index (Phi) is 4.73. The zero-order valence-corrected chi connectivity index (χ0v) is 12.7. The molecule has 0 unspecified atom stereocenters. The number of hydrogen-bond donors (Lipinski definition) is 1. The van der Waals surface area contributed by atoms with E-state index in [1.807, 2.05) is 0 Å². The van der Waals surface area contributed by atoms with Crippen molar-refractivity contribution in [2.24, 2.45) is 0 Å². The molecule has 25 heavy (non-hydrogen) atoms. The lowest BCUT2D eigenvalue weighted by molar-refractivity contribution is -0.140. The molecule has 136 valence electrons. The van der Waals surface area contributed by atoms with Gasteiger partial charge in [-0.3, -0.25) is 4.72 Å². The minimum atomic E-state index is -5.07. The molecule has 0 aromatic heterocycles. The van der Waals surface area contributed by atoms with Crippen molar-refractivity contribution in [3.05, 3.63) is 59.4 Å². The van der Waals surface area contributed by atoms with Crippen molar-refractivity contribution in [1.82, 2.24) is 0 Å². The molecule has 0 fully saturated rings. The summed E-state index contributed by atoms with van der Waals surface area (Å²) in [6.45, 7) is 0. The number of benzene rings is 2. The summed E-state index contributed by atoms with van der Waals surface area (Å²) in [5.41, 5.74) is -3.60. The van der Waals surface area contributed by atoms with Gasteiger partial charge in [-0.2, -0.15) is 26.3 Å². The topological polar surface area (TPSA) is 46.2 Å². The third-order valence-corrected chi connectivity index (χ3v) is 4.37. The van der Waals surface area contributed by atoms with Crippen molar-refractivity contribution in [2.75, 3.05) is 4.72 Å². The first kappa shape index (κ1) is 19.0. The Balaban J connectivity index is 2.40. The van der Waals surface area contributed by atoms with Gasteiger partial charge in [-0.15, -0.1) is 0 Å². The Morgan fingerprint density at radius 3 is 2.04 bits per heavy atom. The summed E-state index contributed by atoms with van der Waals surface area (Å²) in [5.74, 6) is -1.62. The lowest BCUT2D eigenvalue weighted by Crippen LogP contribution is -2.16. The summed E-state index contributed by atoms with van der Waals surface area (Å²) in [4.78, 5) is -0.805. The van der Waals surface area contributed by atoms with E-state index in [9.17, 15) is 39.2 Å². The highest BCUT2D eigenvalue weighted by Gasteiger charge is 2.35. The maximum Gasteiger partial charge on any atom is 0.419 e. The molecule has 2 aromatic rings. The highest BCUT2D eigenvalue weighted by atomic mass is 32.2. The largest absolute Gasteiger partial charge is 0.419 e. The van der Waals surface area contributed by atoms with Crippen molar-refractivity contribution >= 4 is 15.7 Å². The van der Waals surface area contributed by atoms with Crippen molar-refractivity contribution in [3.8, 4) is 0 Å². The molecule has 2 rings (SSSR count). The van der Waals surface area contributed by atoms with E-state index in [0.717, 1.165) is 18.2 Å². The number of halogens is 7. The van der Waals surface area contributed by atoms with Gasteiger partial charge in [-0.05, 0) is 36.4 Å². The van der Waals surface area contributed by atoms with Crippen LogP contribution in [0.25, 0.3) is 0 Å². The van der Waals surface area contributed by atoms with Crippen LogP contribution in [0.5, 0.6) is 0 Å². The Morgan fingerprint density at radius 2 is 1.48 bits per heavy atom. The monoisotopic (exact) mass is 387 g/mol. The smallest absolute Gasteiger partial charge is 0.280 e. The second-order valence-corrected chi connectivity index (χ2v) is 6.51. The lowest BCUT2D eigenvalue weighted by atomic mass is 10.2. The van der Waals surface area contributed by atoms with E-state index in [-0.39, 0.29) is 6.07 Å². The summed E-state index contributed by atoms with van der Waals surface area (Å²) in [6.07, 6.45) is -9.87.